The van der Waals surface area contributed by atoms with Crippen LogP contribution >= 0.6 is 0 Å². The van der Waals surface area contributed by atoms with Crippen LogP contribution < -0.4 is 5.43 Å². The van der Waals surface area contributed by atoms with Crippen molar-refractivity contribution in [1.82, 2.24) is 30.0 Å². The van der Waals surface area contributed by atoms with Crippen LogP contribution in [0.3, 0.4) is 0 Å². The molecule has 9 heteroatoms. The van der Waals surface area contributed by atoms with Crippen LogP contribution in [0.25, 0.3) is 5.78 Å². The topological polar surface area (TPSA) is 102 Å². The molecule has 0 radical (unpaired) electrons. The lowest BCUT2D eigenvalue weighted by molar-refractivity contribution is 0.343. The fraction of sp³-hybridized carbons (Fsp3) is 0.333. The molecule has 0 spiro atoms. The summed E-state index contributed by atoms with van der Waals surface area (Å²) in [5, 5.41) is 22.4. The van der Waals surface area contributed by atoms with E-state index in [2.05, 4.69) is 36.0 Å². The van der Waals surface area contributed by atoms with Crippen molar-refractivity contribution in [2.75, 3.05) is 12.0 Å². The monoisotopic (exact) mass is 208 g/mol. The van der Waals surface area contributed by atoms with E-state index in [-0.39, 0.29) is 5.95 Å². The summed E-state index contributed by atoms with van der Waals surface area (Å²) in [4.78, 5) is 0. The highest BCUT2D eigenvalue weighted by Gasteiger charge is 2.00. The Morgan fingerprint density at radius 2 is 2.47 bits per heavy atom. The number of anilines is 1. The lowest BCUT2D eigenvalue weighted by Crippen LogP contribution is -2.04. The third-order valence-electron chi connectivity index (χ3n) is 1.41. The molecular formula is C6H8N8O. The first-order valence-corrected chi connectivity index (χ1v) is 4.20. The van der Waals surface area contributed by atoms with Crippen LogP contribution in [-0.4, -0.2) is 43.0 Å². The Balaban J connectivity index is 2.08. The summed E-state index contributed by atoms with van der Waals surface area (Å²) >= 11 is 0. The molecule has 0 bridgehead atoms. The SMILES string of the molecule is CCO/C=N/Nc1nnc2nncn2n1. The van der Waals surface area contributed by atoms with Gasteiger partial charge in [0.05, 0.1) is 6.61 Å². The Hall–Kier alpha value is -2.32. The molecule has 0 aliphatic carbocycles. The number of ether oxygens (including phenoxy) is 1. The fourth-order valence-electron chi connectivity index (χ4n) is 0.815. The van der Waals surface area contributed by atoms with Gasteiger partial charge in [0.15, 0.2) is 6.40 Å². The molecule has 78 valence electrons. The van der Waals surface area contributed by atoms with Crippen molar-refractivity contribution in [1.29, 1.82) is 0 Å². The van der Waals surface area contributed by atoms with Gasteiger partial charge < -0.3 is 4.74 Å². The Bertz CT molecular complexity index is 465. The van der Waals surface area contributed by atoms with Crippen LogP contribution in [0.5, 0.6) is 0 Å². The quantitative estimate of drug-likeness (QED) is 0.402. The average Bonchev–Trinajstić information content (AvgIpc) is 2.71. The van der Waals surface area contributed by atoms with Gasteiger partial charge in [-0.1, -0.05) is 0 Å². The van der Waals surface area contributed by atoms with Gasteiger partial charge in [-0.05, 0) is 6.92 Å². The molecule has 0 aliphatic rings. The van der Waals surface area contributed by atoms with E-state index in [9.17, 15) is 0 Å². The van der Waals surface area contributed by atoms with Gasteiger partial charge in [-0.2, -0.15) is 4.52 Å². The second-order valence-electron chi connectivity index (χ2n) is 2.40. The largest absolute Gasteiger partial charge is 0.482 e. The maximum atomic E-state index is 4.87. The predicted octanol–water partition coefficient (Wildman–Crippen LogP) is -0.694. The van der Waals surface area contributed by atoms with E-state index in [0.717, 1.165) is 0 Å². The Kier molecular flexibility index (Phi) is 2.63. The molecule has 0 fully saturated rings. The zero-order valence-electron chi connectivity index (χ0n) is 7.90. The van der Waals surface area contributed by atoms with Crippen LogP contribution in [0.4, 0.5) is 5.95 Å². The predicted molar refractivity (Wildman–Crippen MR) is 50.1 cm³/mol. The van der Waals surface area contributed by atoms with Crippen LogP contribution in [0, 0.1) is 0 Å². The highest BCUT2D eigenvalue weighted by atomic mass is 16.5. The number of aromatic nitrogens is 6. The molecule has 2 heterocycles. The summed E-state index contributed by atoms with van der Waals surface area (Å²) in [7, 11) is 0. The summed E-state index contributed by atoms with van der Waals surface area (Å²) in [6, 6.07) is 0. The molecule has 0 unspecified atom stereocenters. The summed E-state index contributed by atoms with van der Waals surface area (Å²) in [5.41, 5.74) is 2.54. The van der Waals surface area contributed by atoms with E-state index in [0.29, 0.717) is 12.4 Å². The first-order chi connectivity index (χ1) is 7.40. The molecule has 2 rings (SSSR count). The molecule has 2 aromatic rings. The number of hydrogen-bond acceptors (Lipinski definition) is 8. The molecular weight excluding hydrogens is 200 g/mol. The zero-order valence-corrected chi connectivity index (χ0v) is 7.90. The van der Waals surface area contributed by atoms with E-state index in [1.807, 2.05) is 6.92 Å². The third-order valence-corrected chi connectivity index (χ3v) is 1.41. The first-order valence-electron chi connectivity index (χ1n) is 4.20. The number of fused-ring (bicyclic) bond motifs is 1. The van der Waals surface area contributed by atoms with Gasteiger partial charge >= 0.3 is 0 Å². The minimum Gasteiger partial charge on any atom is -0.482 e. The maximum absolute atomic E-state index is 4.87. The van der Waals surface area contributed by atoms with Crippen molar-refractivity contribution in [3.05, 3.63) is 6.33 Å². The lowest BCUT2D eigenvalue weighted by Gasteiger charge is -1.96. The van der Waals surface area contributed by atoms with Crippen molar-refractivity contribution >= 4 is 18.1 Å². The van der Waals surface area contributed by atoms with Gasteiger partial charge in [0.2, 0.25) is 0 Å². The molecule has 0 aliphatic heterocycles. The molecule has 0 saturated heterocycles. The maximum Gasteiger partial charge on any atom is 0.290 e. The molecule has 9 nitrogen and oxygen atoms in total. The van der Waals surface area contributed by atoms with Gasteiger partial charge in [-0.3, -0.25) is 0 Å². The van der Waals surface area contributed by atoms with E-state index in [4.69, 9.17) is 4.74 Å². The van der Waals surface area contributed by atoms with Crippen LogP contribution in [0.1, 0.15) is 6.92 Å². The summed E-state index contributed by atoms with van der Waals surface area (Å²) in [5.74, 6) is 0.563. The lowest BCUT2D eigenvalue weighted by atomic mass is 10.9. The van der Waals surface area contributed by atoms with Crippen molar-refractivity contribution in [3.63, 3.8) is 0 Å². The fourth-order valence-corrected chi connectivity index (χ4v) is 0.815. The molecule has 1 N–H and O–H groups in total. The molecule has 2 aromatic heterocycles. The van der Waals surface area contributed by atoms with Crippen molar-refractivity contribution < 1.29 is 4.74 Å². The van der Waals surface area contributed by atoms with Crippen molar-refractivity contribution in [3.8, 4) is 0 Å². The summed E-state index contributed by atoms with van der Waals surface area (Å²) < 4.78 is 6.25. The Morgan fingerprint density at radius 3 is 3.33 bits per heavy atom. The molecule has 15 heavy (non-hydrogen) atoms. The Morgan fingerprint density at radius 1 is 1.53 bits per heavy atom. The van der Waals surface area contributed by atoms with Crippen molar-refractivity contribution in [2.45, 2.75) is 6.92 Å². The van der Waals surface area contributed by atoms with Gasteiger partial charge in [-0.15, -0.1) is 30.6 Å². The second kappa shape index (κ2) is 4.26. The van der Waals surface area contributed by atoms with Crippen LogP contribution in [0.15, 0.2) is 11.4 Å². The van der Waals surface area contributed by atoms with Crippen LogP contribution in [-0.2, 0) is 4.74 Å². The summed E-state index contributed by atoms with van der Waals surface area (Å²) in [6.45, 7) is 2.40. The standard InChI is InChI=1S/C6H8N8O/c1-2-15-4-8-9-5-10-12-6-11-7-3-14(6)13-5/h3-4H,2H2,1H3,(H,9,13)/b8-4+. The van der Waals surface area contributed by atoms with Crippen LogP contribution in [0.2, 0.25) is 0 Å². The minimum atomic E-state index is 0.234. The van der Waals surface area contributed by atoms with E-state index in [1.165, 1.54) is 17.2 Å². The van der Waals surface area contributed by atoms with Crippen molar-refractivity contribution in [2.24, 2.45) is 5.10 Å². The first kappa shape index (κ1) is 9.24. The van der Waals surface area contributed by atoms with E-state index in [1.54, 1.807) is 0 Å². The smallest absolute Gasteiger partial charge is 0.290 e. The molecule has 0 amide bonds. The van der Waals surface area contributed by atoms with E-state index >= 15 is 0 Å². The molecule has 0 saturated carbocycles. The second-order valence-corrected chi connectivity index (χ2v) is 2.40. The highest BCUT2D eigenvalue weighted by Crippen LogP contribution is 1.94. The number of hydrazone groups is 1. The number of rotatable bonds is 4. The minimum absolute atomic E-state index is 0.234. The van der Waals surface area contributed by atoms with Gasteiger partial charge in [0.1, 0.15) is 6.33 Å². The number of hydrogen-bond donors (Lipinski definition) is 1. The molecule has 0 atom stereocenters. The average molecular weight is 208 g/mol. The Labute approximate surface area is 84.2 Å². The molecule has 0 aromatic carbocycles. The highest BCUT2D eigenvalue weighted by molar-refractivity contribution is 5.48. The van der Waals surface area contributed by atoms with Gasteiger partial charge in [0.25, 0.3) is 11.7 Å². The number of nitrogens with zero attached hydrogens (tertiary/aromatic N) is 7. The summed E-state index contributed by atoms with van der Waals surface area (Å²) in [6.07, 6.45) is 2.68. The van der Waals surface area contributed by atoms with Gasteiger partial charge in [-0.25, -0.2) is 5.43 Å². The zero-order chi connectivity index (χ0) is 10.5. The van der Waals surface area contributed by atoms with Gasteiger partial charge in [0, 0.05) is 0 Å². The number of nitrogens with one attached hydrogen (secondary N) is 1. The van der Waals surface area contributed by atoms with E-state index < -0.39 is 0 Å². The third kappa shape index (κ3) is 2.13. The normalized spacial score (nSPS) is 11.0.